The lowest BCUT2D eigenvalue weighted by atomic mass is 10.1. The first-order valence-corrected chi connectivity index (χ1v) is 8.70. The fourth-order valence-corrected chi connectivity index (χ4v) is 2.38. The molecule has 0 aromatic rings. The van der Waals surface area contributed by atoms with Crippen LogP contribution in [0.1, 0.15) is 38.5 Å². The number of hydrogen-bond acceptors (Lipinski definition) is 8. The lowest BCUT2D eigenvalue weighted by Crippen LogP contribution is -2.40. The second-order valence-electron chi connectivity index (χ2n) is 5.46. The van der Waals surface area contributed by atoms with Crippen molar-refractivity contribution in [3.05, 3.63) is 0 Å². The van der Waals surface area contributed by atoms with Crippen LogP contribution in [0.25, 0.3) is 0 Å². The molecule has 1 aliphatic rings. The van der Waals surface area contributed by atoms with E-state index in [1.54, 1.807) is 0 Å². The minimum atomic E-state index is -0.562. The van der Waals surface area contributed by atoms with E-state index >= 15 is 0 Å². The molecule has 1 saturated heterocycles. The summed E-state index contributed by atoms with van der Waals surface area (Å²) >= 11 is 3.64. The number of rotatable bonds is 10. The Hall–Kier alpha value is -0.910. The second-order valence-corrected chi connectivity index (χ2v) is 5.68. The zero-order valence-corrected chi connectivity index (χ0v) is 15.4. The van der Waals surface area contributed by atoms with Gasteiger partial charge in [0.05, 0.1) is 25.4 Å². The van der Waals surface area contributed by atoms with Crippen molar-refractivity contribution in [1.29, 1.82) is 0 Å². The number of nitrogens with one attached hydrogen (secondary N) is 2. The number of aliphatic hydroxyl groups is 3. The number of unbranched alkanes of at least 4 members (excludes halogenated alkanes) is 1. The third-order valence-corrected chi connectivity index (χ3v) is 3.71. The predicted octanol–water partition coefficient (Wildman–Crippen LogP) is -0.893. The van der Waals surface area contributed by atoms with Gasteiger partial charge in [-0.15, -0.1) is 0 Å². The largest absolute Gasteiger partial charge is 0.400 e. The summed E-state index contributed by atoms with van der Waals surface area (Å²) in [5.41, 5.74) is 0. The normalized spacial score (nSPS) is 22.5. The van der Waals surface area contributed by atoms with Gasteiger partial charge in [0.25, 0.3) is 0 Å². The van der Waals surface area contributed by atoms with Crippen molar-refractivity contribution < 1.29 is 34.4 Å². The molecular weight excluding hydrogens is 352 g/mol. The molecule has 0 aliphatic carbocycles. The Labute approximate surface area is 153 Å². The SMILES string of the molecule is CO.O=C(CCCCC(=O)NCCOC1CC(O)CC(CO)O1)NS. The molecule has 0 aromatic carbocycles. The van der Waals surface area contributed by atoms with Gasteiger partial charge in [-0.3, -0.25) is 9.59 Å². The summed E-state index contributed by atoms with van der Waals surface area (Å²) < 4.78 is 13.1. The Morgan fingerprint density at radius 3 is 2.44 bits per heavy atom. The van der Waals surface area contributed by atoms with Gasteiger partial charge in [-0.05, 0) is 12.8 Å². The number of carbonyl (C=O) groups excluding carboxylic acids is 2. The van der Waals surface area contributed by atoms with Crippen LogP contribution in [0.3, 0.4) is 0 Å². The van der Waals surface area contributed by atoms with E-state index in [0.29, 0.717) is 45.1 Å². The molecule has 3 atom stereocenters. The predicted molar refractivity (Wildman–Crippen MR) is 93.7 cm³/mol. The molecule has 0 aromatic heterocycles. The van der Waals surface area contributed by atoms with Gasteiger partial charge < -0.3 is 34.8 Å². The van der Waals surface area contributed by atoms with E-state index in [2.05, 4.69) is 22.9 Å². The molecular formula is C15H30N2O7S. The first kappa shape index (κ1) is 24.1. The molecule has 5 N–H and O–H groups in total. The molecule has 10 heteroatoms. The van der Waals surface area contributed by atoms with Crippen molar-refractivity contribution in [3.8, 4) is 0 Å². The summed E-state index contributed by atoms with van der Waals surface area (Å²) in [5.74, 6) is -0.254. The molecule has 148 valence electrons. The van der Waals surface area contributed by atoms with Gasteiger partial charge >= 0.3 is 0 Å². The highest BCUT2D eigenvalue weighted by molar-refractivity contribution is 7.78. The van der Waals surface area contributed by atoms with Crippen molar-refractivity contribution in [1.82, 2.24) is 10.0 Å². The van der Waals surface area contributed by atoms with Crippen LogP contribution in [0.15, 0.2) is 0 Å². The van der Waals surface area contributed by atoms with Crippen LogP contribution in [-0.2, 0) is 19.1 Å². The van der Waals surface area contributed by atoms with Crippen LogP contribution in [0.4, 0.5) is 0 Å². The smallest absolute Gasteiger partial charge is 0.229 e. The maximum Gasteiger partial charge on any atom is 0.229 e. The van der Waals surface area contributed by atoms with Crippen molar-refractivity contribution in [2.24, 2.45) is 0 Å². The van der Waals surface area contributed by atoms with Gasteiger partial charge in [0.1, 0.15) is 0 Å². The third kappa shape index (κ3) is 12.1. The summed E-state index contributed by atoms with van der Waals surface area (Å²) in [6.45, 7) is 0.456. The van der Waals surface area contributed by atoms with Gasteiger partial charge in [-0.2, -0.15) is 0 Å². The fourth-order valence-electron chi connectivity index (χ4n) is 2.27. The van der Waals surface area contributed by atoms with Crippen LogP contribution in [0.5, 0.6) is 0 Å². The standard InChI is InChI=1S/C14H26N2O6S.CH4O/c17-9-11-7-10(18)8-14(22-11)21-6-5-15-12(19)3-1-2-4-13(20)16-23;1-2/h10-11,14,17-18,23H,1-9H2,(H,15,19)(H,16,20);2H,1H3. The highest BCUT2D eigenvalue weighted by atomic mass is 32.1. The van der Waals surface area contributed by atoms with Crippen molar-refractivity contribution in [2.45, 2.75) is 57.0 Å². The second kappa shape index (κ2) is 15.4. The molecule has 3 unspecified atom stereocenters. The number of aliphatic hydroxyl groups excluding tert-OH is 3. The molecule has 1 aliphatic heterocycles. The van der Waals surface area contributed by atoms with Crippen LogP contribution >= 0.6 is 12.8 Å². The number of carbonyl (C=O) groups is 2. The summed E-state index contributed by atoms with van der Waals surface area (Å²) in [5, 5.41) is 28.4. The van der Waals surface area contributed by atoms with E-state index in [9.17, 15) is 14.7 Å². The Morgan fingerprint density at radius 2 is 1.84 bits per heavy atom. The van der Waals surface area contributed by atoms with Gasteiger partial charge in [0.15, 0.2) is 6.29 Å². The van der Waals surface area contributed by atoms with Crippen LogP contribution in [0.2, 0.25) is 0 Å². The molecule has 2 amide bonds. The van der Waals surface area contributed by atoms with E-state index in [4.69, 9.17) is 19.7 Å². The Balaban J connectivity index is 0.00000277. The summed E-state index contributed by atoms with van der Waals surface area (Å²) in [6, 6.07) is 0. The van der Waals surface area contributed by atoms with E-state index in [0.717, 1.165) is 7.11 Å². The topological polar surface area (TPSA) is 137 Å². The maximum absolute atomic E-state index is 11.6. The fraction of sp³-hybridized carbons (Fsp3) is 0.867. The van der Waals surface area contributed by atoms with Gasteiger partial charge in [-0.1, -0.05) is 12.8 Å². The van der Waals surface area contributed by atoms with Crippen molar-refractivity contribution >= 4 is 24.6 Å². The minimum Gasteiger partial charge on any atom is -0.400 e. The van der Waals surface area contributed by atoms with Crippen LogP contribution in [-0.4, -0.2) is 72.5 Å². The third-order valence-electron chi connectivity index (χ3n) is 3.46. The summed E-state index contributed by atoms with van der Waals surface area (Å²) in [7, 11) is 1.00. The Bertz CT molecular complexity index is 374. The van der Waals surface area contributed by atoms with E-state index in [1.165, 1.54) is 0 Å². The average molecular weight is 382 g/mol. The average Bonchev–Trinajstić information content (AvgIpc) is 2.63. The first-order valence-electron chi connectivity index (χ1n) is 8.25. The molecule has 25 heavy (non-hydrogen) atoms. The lowest BCUT2D eigenvalue weighted by molar-refractivity contribution is -0.220. The molecule has 0 spiro atoms. The minimum absolute atomic E-state index is 0.0993. The number of amides is 2. The molecule has 0 bridgehead atoms. The first-order chi connectivity index (χ1) is 12.0. The monoisotopic (exact) mass is 382 g/mol. The summed E-state index contributed by atoms with van der Waals surface area (Å²) in [4.78, 5) is 22.5. The number of hydrogen-bond donors (Lipinski definition) is 6. The molecule has 1 rings (SSSR count). The molecule has 0 radical (unpaired) electrons. The van der Waals surface area contributed by atoms with Crippen molar-refractivity contribution in [3.63, 3.8) is 0 Å². The highest BCUT2D eigenvalue weighted by Gasteiger charge is 2.28. The van der Waals surface area contributed by atoms with Gasteiger partial charge in [-0.25, -0.2) is 0 Å². The van der Waals surface area contributed by atoms with Crippen LogP contribution < -0.4 is 10.0 Å². The molecule has 9 nitrogen and oxygen atoms in total. The summed E-state index contributed by atoms with van der Waals surface area (Å²) in [6.07, 6.45) is 1.21. The molecule has 1 fully saturated rings. The molecule has 0 saturated carbocycles. The van der Waals surface area contributed by atoms with E-state index in [-0.39, 0.29) is 25.0 Å². The Kier molecular flexibility index (Phi) is 14.8. The zero-order chi connectivity index (χ0) is 19.1. The van der Waals surface area contributed by atoms with Crippen molar-refractivity contribution in [2.75, 3.05) is 26.9 Å². The van der Waals surface area contributed by atoms with Gasteiger partial charge in [0, 0.05) is 39.3 Å². The molecule has 1 heterocycles. The maximum atomic E-state index is 11.6. The van der Waals surface area contributed by atoms with Gasteiger partial charge in [0.2, 0.25) is 11.8 Å². The lowest BCUT2D eigenvalue weighted by Gasteiger charge is -2.32. The van der Waals surface area contributed by atoms with E-state index < -0.39 is 18.5 Å². The van der Waals surface area contributed by atoms with E-state index in [1.807, 2.05) is 0 Å². The zero-order valence-electron chi connectivity index (χ0n) is 14.5. The quantitative estimate of drug-likeness (QED) is 0.213. The van der Waals surface area contributed by atoms with Crippen LogP contribution in [0, 0.1) is 0 Å². The Morgan fingerprint density at radius 1 is 1.20 bits per heavy atom. The number of thiol groups is 1. The highest BCUT2D eigenvalue weighted by Crippen LogP contribution is 2.20. The number of ether oxygens (including phenoxy) is 2.